The molecule has 0 spiro atoms. The van der Waals surface area contributed by atoms with E-state index in [4.69, 9.17) is 21.1 Å². The van der Waals surface area contributed by atoms with Gasteiger partial charge in [0, 0.05) is 17.5 Å². The molecule has 138 valence electrons. The van der Waals surface area contributed by atoms with E-state index in [0.29, 0.717) is 34.9 Å². The number of halogens is 2. The van der Waals surface area contributed by atoms with Crippen LogP contribution in [-0.4, -0.2) is 35.1 Å². The molecule has 8 heteroatoms. The lowest BCUT2D eigenvalue weighted by molar-refractivity contribution is 0.0689. The monoisotopic (exact) mass is 388 g/mol. The molecule has 3 aromatic rings. The predicted octanol–water partition coefficient (Wildman–Crippen LogP) is 3.95. The van der Waals surface area contributed by atoms with Crippen LogP contribution in [0.2, 0.25) is 5.02 Å². The Bertz CT molecular complexity index is 1090. The average Bonchev–Trinajstić information content (AvgIpc) is 3.19. The summed E-state index contributed by atoms with van der Waals surface area (Å²) in [6, 6.07) is 7.74. The SMILES string of the molecule is COc1cc2c(cc1OC)-c1c(c(C(=O)O)nn1-c1ccc(F)c(Cl)c1)C2. The van der Waals surface area contributed by atoms with Crippen molar-refractivity contribution in [3.8, 4) is 28.4 Å². The van der Waals surface area contributed by atoms with E-state index in [1.54, 1.807) is 6.07 Å². The quantitative estimate of drug-likeness (QED) is 0.573. The van der Waals surface area contributed by atoms with Crippen LogP contribution in [0.1, 0.15) is 21.6 Å². The van der Waals surface area contributed by atoms with Crippen molar-refractivity contribution in [3.05, 3.63) is 58.0 Å². The summed E-state index contributed by atoms with van der Waals surface area (Å²) in [6.07, 6.45) is 0.390. The molecule has 0 radical (unpaired) electrons. The zero-order valence-corrected chi connectivity index (χ0v) is 15.2. The fraction of sp³-hybridized carbons (Fsp3) is 0.158. The minimum atomic E-state index is -1.13. The molecule has 0 bridgehead atoms. The highest BCUT2D eigenvalue weighted by molar-refractivity contribution is 6.30. The minimum absolute atomic E-state index is 0.0559. The van der Waals surface area contributed by atoms with Gasteiger partial charge in [0.05, 0.1) is 30.6 Å². The number of fused-ring (bicyclic) bond motifs is 3. The van der Waals surface area contributed by atoms with Gasteiger partial charge in [-0.15, -0.1) is 0 Å². The van der Waals surface area contributed by atoms with Gasteiger partial charge < -0.3 is 14.6 Å². The van der Waals surface area contributed by atoms with Gasteiger partial charge in [-0.2, -0.15) is 5.10 Å². The third-order valence-electron chi connectivity index (χ3n) is 4.57. The number of carbonyl (C=O) groups is 1. The molecule has 6 nitrogen and oxygen atoms in total. The Morgan fingerprint density at radius 2 is 1.93 bits per heavy atom. The molecule has 0 saturated carbocycles. The summed E-state index contributed by atoms with van der Waals surface area (Å²) in [5.41, 5.74) is 3.28. The second-order valence-electron chi connectivity index (χ2n) is 6.03. The van der Waals surface area contributed by atoms with Gasteiger partial charge in [-0.3, -0.25) is 0 Å². The Morgan fingerprint density at radius 3 is 2.56 bits per heavy atom. The molecule has 1 aliphatic carbocycles. The second-order valence-corrected chi connectivity index (χ2v) is 6.44. The van der Waals surface area contributed by atoms with Crippen LogP contribution < -0.4 is 9.47 Å². The summed E-state index contributed by atoms with van der Waals surface area (Å²) in [5, 5.41) is 13.7. The van der Waals surface area contributed by atoms with Crippen LogP contribution in [0.5, 0.6) is 11.5 Å². The van der Waals surface area contributed by atoms with E-state index >= 15 is 0 Å². The van der Waals surface area contributed by atoms with Gasteiger partial charge in [-0.1, -0.05) is 11.6 Å². The molecule has 4 rings (SSSR count). The van der Waals surface area contributed by atoms with E-state index in [1.807, 2.05) is 6.07 Å². The zero-order chi connectivity index (χ0) is 19.3. The summed E-state index contributed by atoms with van der Waals surface area (Å²) in [4.78, 5) is 11.7. The van der Waals surface area contributed by atoms with E-state index in [-0.39, 0.29) is 10.7 Å². The van der Waals surface area contributed by atoms with Crippen LogP contribution >= 0.6 is 11.6 Å². The normalized spacial score (nSPS) is 11.9. The molecule has 27 heavy (non-hydrogen) atoms. The number of nitrogens with zero attached hydrogens (tertiary/aromatic N) is 2. The number of aromatic carboxylic acids is 1. The van der Waals surface area contributed by atoms with Crippen molar-refractivity contribution in [2.45, 2.75) is 6.42 Å². The molecular formula is C19H14ClFN2O4. The Morgan fingerprint density at radius 1 is 1.22 bits per heavy atom. The third-order valence-corrected chi connectivity index (χ3v) is 4.86. The van der Waals surface area contributed by atoms with E-state index in [0.717, 1.165) is 11.1 Å². The summed E-state index contributed by atoms with van der Waals surface area (Å²) >= 11 is 5.90. The molecule has 0 fully saturated rings. The third kappa shape index (κ3) is 2.62. The van der Waals surface area contributed by atoms with Crippen LogP contribution in [0.15, 0.2) is 30.3 Å². The maximum absolute atomic E-state index is 13.6. The zero-order valence-electron chi connectivity index (χ0n) is 14.4. The van der Waals surface area contributed by atoms with Crippen molar-refractivity contribution in [3.63, 3.8) is 0 Å². The predicted molar refractivity (Wildman–Crippen MR) is 96.8 cm³/mol. The summed E-state index contributed by atoms with van der Waals surface area (Å²) in [6.45, 7) is 0. The van der Waals surface area contributed by atoms with Gasteiger partial charge in [-0.25, -0.2) is 13.9 Å². The smallest absolute Gasteiger partial charge is 0.356 e. The second kappa shape index (κ2) is 6.28. The number of carboxylic acid groups (broad SMARTS) is 1. The lowest BCUT2D eigenvalue weighted by atomic mass is 10.1. The molecule has 0 saturated heterocycles. The van der Waals surface area contributed by atoms with E-state index in [9.17, 15) is 14.3 Å². The molecule has 0 atom stereocenters. The molecule has 0 aliphatic heterocycles. The number of hydrogen-bond acceptors (Lipinski definition) is 4. The Labute approximate surface area is 158 Å². The van der Waals surface area contributed by atoms with Crippen LogP contribution in [0, 0.1) is 5.82 Å². The lowest BCUT2D eigenvalue weighted by Gasteiger charge is -2.12. The number of benzene rings is 2. The Hall–Kier alpha value is -3.06. The highest BCUT2D eigenvalue weighted by atomic mass is 35.5. The molecule has 2 aromatic carbocycles. The minimum Gasteiger partial charge on any atom is -0.493 e. The molecule has 1 aromatic heterocycles. The van der Waals surface area contributed by atoms with E-state index in [2.05, 4.69) is 5.10 Å². The van der Waals surface area contributed by atoms with E-state index in [1.165, 1.54) is 37.1 Å². The first-order valence-corrected chi connectivity index (χ1v) is 8.38. The Balaban J connectivity index is 1.99. The standard InChI is InChI=1S/C19H14ClFN2O4/c1-26-15-6-9-5-12-17(19(24)25)22-23(10-3-4-14(21)13(20)7-10)18(12)11(9)8-16(15)27-2/h3-4,6-8H,5H2,1-2H3,(H,24,25). The molecule has 0 unspecified atom stereocenters. The molecule has 1 heterocycles. The fourth-order valence-electron chi connectivity index (χ4n) is 3.35. The number of methoxy groups -OCH3 is 2. The maximum Gasteiger partial charge on any atom is 0.356 e. The summed E-state index contributed by atoms with van der Waals surface area (Å²) in [5.74, 6) is -0.618. The molecular weight excluding hydrogens is 375 g/mol. The molecule has 1 aliphatic rings. The van der Waals surface area contributed by atoms with Crippen molar-refractivity contribution >= 4 is 17.6 Å². The van der Waals surface area contributed by atoms with Gasteiger partial charge in [0.2, 0.25) is 0 Å². The first-order chi connectivity index (χ1) is 12.9. The number of ether oxygens (including phenoxy) is 2. The van der Waals surface area contributed by atoms with E-state index < -0.39 is 11.8 Å². The largest absolute Gasteiger partial charge is 0.493 e. The van der Waals surface area contributed by atoms with Gasteiger partial charge in [0.1, 0.15) is 5.82 Å². The number of carboxylic acids is 1. The fourth-order valence-corrected chi connectivity index (χ4v) is 3.52. The Kier molecular flexibility index (Phi) is 4.04. The van der Waals surface area contributed by atoms with Crippen molar-refractivity contribution in [1.29, 1.82) is 0 Å². The first-order valence-electron chi connectivity index (χ1n) is 8.00. The summed E-state index contributed by atoms with van der Waals surface area (Å²) in [7, 11) is 3.07. The first kappa shape index (κ1) is 17.4. The van der Waals surface area contributed by atoms with Crippen molar-refractivity contribution in [2.75, 3.05) is 14.2 Å². The number of rotatable bonds is 4. The number of hydrogen-bond donors (Lipinski definition) is 1. The van der Waals surface area contributed by atoms with Crippen molar-refractivity contribution in [2.24, 2.45) is 0 Å². The maximum atomic E-state index is 13.6. The van der Waals surface area contributed by atoms with Crippen LogP contribution in [-0.2, 0) is 6.42 Å². The molecule has 0 amide bonds. The van der Waals surface area contributed by atoms with Crippen molar-refractivity contribution in [1.82, 2.24) is 9.78 Å². The van der Waals surface area contributed by atoms with Crippen LogP contribution in [0.3, 0.4) is 0 Å². The average molecular weight is 389 g/mol. The molecule has 1 N–H and O–H groups in total. The summed E-state index contributed by atoms with van der Waals surface area (Å²) < 4.78 is 25.7. The highest BCUT2D eigenvalue weighted by Gasteiger charge is 2.32. The van der Waals surface area contributed by atoms with Gasteiger partial charge in [0.25, 0.3) is 0 Å². The van der Waals surface area contributed by atoms with Gasteiger partial charge in [-0.05, 0) is 35.9 Å². The van der Waals surface area contributed by atoms with Crippen LogP contribution in [0.4, 0.5) is 4.39 Å². The highest BCUT2D eigenvalue weighted by Crippen LogP contribution is 2.44. The van der Waals surface area contributed by atoms with Gasteiger partial charge >= 0.3 is 5.97 Å². The van der Waals surface area contributed by atoms with Crippen LogP contribution in [0.25, 0.3) is 16.9 Å². The topological polar surface area (TPSA) is 73.6 Å². The lowest BCUT2D eigenvalue weighted by Crippen LogP contribution is -2.04. The number of aromatic nitrogens is 2. The van der Waals surface area contributed by atoms with Gasteiger partial charge in [0.15, 0.2) is 17.2 Å². The van der Waals surface area contributed by atoms with Crippen molar-refractivity contribution < 1.29 is 23.8 Å².